The van der Waals surface area contributed by atoms with Crippen molar-refractivity contribution in [3.05, 3.63) is 29.8 Å². The minimum absolute atomic E-state index is 0.0738. The highest BCUT2D eigenvalue weighted by Crippen LogP contribution is 2.53. The number of carboxylic acid groups (broad SMARTS) is 1. The summed E-state index contributed by atoms with van der Waals surface area (Å²) in [5, 5.41) is 14.0. The standard InChI is InChI=1S/C34H45N3O7/c1-34(2,3)29-31(38)37-18-23(17-27(37)32(39)40)43-30-21(14-20-10-12-22(42-4)16-26(20)35-30)8-6-5-7-9-25-24-13-11-19(24)15-28(25)44-33(41)36-29/h10,12,14,16,19,23-25,27-29H,5-9,11,13,15,17-18H2,1-4H3,(H,36,41)(H,39,40). The predicted octanol–water partition coefficient (Wildman–Crippen LogP) is 5.35. The van der Waals surface area contributed by atoms with Crippen LogP contribution in [0.25, 0.3) is 10.9 Å². The Kier molecular flexibility index (Phi) is 8.37. The Labute approximate surface area is 258 Å². The van der Waals surface area contributed by atoms with E-state index in [1.165, 1.54) is 17.7 Å². The van der Waals surface area contributed by atoms with E-state index in [-0.39, 0.29) is 19.1 Å². The lowest BCUT2D eigenvalue weighted by atomic mass is 9.71. The van der Waals surface area contributed by atoms with Gasteiger partial charge in [0.05, 0.1) is 19.2 Å². The van der Waals surface area contributed by atoms with Gasteiger partial charge in [0, 0.05) is 23.4 Å². The third kappa shape index (κ3) is 6.04. The first-order chi connectivity index (χ1) is 21.0. The molecule has 7 atom stereocenters. The van der Waals surface area contributed by atoms with E-state index in [1.54, 1.807) is 7.11 Å². The van der Waals surface area contributed by atoms with Crippen molar-refractivity contribution in [2.45, 2.75) is 103 Å². The number of fused-ring (bicyclic) bond motifs is 7. The van der Waals surface area contributed by atoms with Gasteiger partial charge >= 0.3 is 12.1 Å². The van der Waals surface area contributed by atoms with Crippen molar-refractivity contribution in [2.24, 2.45) is 23.2 Å². The average Bonchev–Trinajstić information content (AvgIpc) is 3.48. The third-order valence-electron chi connectivity index (χ3n) is 10.3. The quantitative estimate of drug-likeness (QED) is 0.468. The summed E-state index contributed by atoms with van der Waals surface area (Å²) >= 11 is 0. The number of carbonyl (C=O) groups excluding carboxylic acids is 2. The van der Waals surface area contributed by atoms with Crippen molar-refractivity contribution in [1.82, 2.24) is 15.2 Å². The molecule has 0 spiro atoms. The molecule has 2 bridgehead atoms. The Morgan fingerprint density at radius 2 is 1.86 bits per heavy atom. The number of ether oxygens (including phenoxy) is 3. The first-order valence-electron chi connectivity index (χ1n) is 16.2. The molecule has 6 rings (SSSR count). The van der Waals surface area contributed by atoms with Crippen LogP contribution in [-0.4, -0.2) is 70.9 Å². The highest BCUT2D eigenvalue weighted by Gasteiger charge is 2.50. The number of benzene rings is 1. The molecule has 1 aromatic carbocycles. The highest BCUT2D eigenvalue weighted by atomic mass is 16.6. The number of aliphatic carboxylic acids is 1. The number of aryl methyl sites for hydroxylation is 1. The van der Waals surface area contributed by atoms with E-state index in [2.05, 4.69) is 11.4 Å². The van der Waals surface area contributed by atoms with Crippen LogP contribution in [0.5, 0.6) is 11.6 Å². The molecule has 3 fully saturated rings. The number of nitrogens with one attached hydrogen (secondary N) is 1. The Bertz CT molecular complexity index is 1420. The molecule has 44 heavy (non-hydrogen) atoms. The summed E-state index contributed by atoms with van der Waals surface area (Å²) in [5.74, 6) is 1.13. The summed E-state index contributed by atoms with van der Waals surface area (Å²) in [6.07, 6.45) is 6.83. The Hall–Kier alpha value is -3.56. The van der Waals surface area contributed by atoms with Crippen molar-refractivity contribution in [3.8, 4) is 11.6 Å². The molecule has 10 heteroatoms. The topological polar surface area (TPSA) is 127 Å². The number of methoxy groups -OCH3 is 1. The summed E-state index contributed by atoms with van der Waals surface area (Å²) in [4.78, 5) is 46.0. The fraction of sp³-hybridized carbons (Fsp3) is 0.647. The molecule has 2 aliphatic carbocycles. The second kappa shape index (κ2) is 12.1. The Morgan fingerprint density at radius 1 is 1.05 bits per heavy atom. The number of hydrogen-bond acceptors (Lipinski definition) is 7. The number of aromatic nitrogens is 1. The minimum atomic E-state index is -1.11. The van der Waals surface area contributed by atoms with Crippen molar-refractivity contribution >= 4 is 28.9 Å². The molecule has 7 unspecified atom stereocenters. The molecule has 2 aliphatic heterocycles. The lowest BCUT2D eigenvalue weighted by Gasteiger charge is -2.35. The molecule has 10 nitrogen and oxygen atoms in total. The van der Waals surface area contributed by atoms with E-state index in [4.69, 9.17) is 19.2 Å². The zero-order valence-electron chi connectivity index (χ0n) is 26.2. The lowest BCUT2D eigenvalue weighted by Crippen LogP contribution is -2.57. The van der Waals surface area contributed by atoms with Gasteiger partial charge in [0.15, 0.2) is 0 Å². The van der Waals surface area contributed by atoms with Crippen LogP contribution in [0.4, 0.5) is 4.79 Å². The number of alkyl carbamates (subject to hydrolysis) is 1. The molecule has 2 aromatic rings. The van der Waals surface area contributed by atoms with Gasteiger partial charge in [-0.25, -0.2) is 14.6 Å². The molecule has 4 aliphatic rings. The maximum absolute atomic E-state index is 14.0. The van der Waals surface area contributed by atoms with E-state index in [9.17, 15) is 19.5 Å². The van der Waals surface area contributed by atoms with E-state index >= 15 is 0 Å². The molecule has 2 saturated carbocycles. The third-order valence-corrected chi connectivity index (χ3v) is 10.3. The van der Waals surface area contributed by atoms with Gasteiger partial charge in [0.2, 0.25) is 11.8 Å². The zero-order valence-corrected chi connectivity index (χ0v) is 26.2. The van der Waals surface area contributed by atoms with E-state index in [0.29, 0.717) is 29.4 Å². The van der Waals surface area contributed by atoms with Crippen LogP contribution in [0, 0.1) is 23.2 Å². The molecular formula is C34H45N3O7. The first kappa shape index (κ1) is 30.5. The monoisotopic (exact) mass is 607 g/mol. The van der Waals surface area contributed by atoms with Crippen LogP contribution in [0.15, 0.2) is 24.3 Å². The number of hydrogen-bond donors (Lipinski definition) is 2. The van der Waals surface area contributed by atoms with Crippen molar-refractivity contribution in [1.29, 1.82) is 0 Å². The van der Waals surface area contributed by atoms with Crippen LogP contribution in [0.3, 0.4) is 0 Å². The number of nitrogens with zero attached hydrogens (tertiary/aromatic N) is 2. The smallest absolute Gasteiger partial charge is 0.408 e. The van der Waals surface area contributed by atoms with Gasteiger partial charge in [0.25, 0.3) is 0 Å². The van der Waals surface area contributed by atoms with E-state index < -0.39 is 41.6 Å². The predicted molar refractivity (Wildman–Crippen MR) is 164 cm³/mol. The molecular weight excluding hydrogens is 562 g/mol. The summed E-state index contributed by atoms with van der Waals surface area (Å²) < 4.78 is 17.9. The fourth-order valence-electron chi connectivity index (χ4n) is 7.81. The van der Waals surface area contributed by atoms with Crippen LogP contribution < -0.4 is 14.8 Å². The molecule has 2 N–H and O–H groups in total. The van der Waals surface area contributed by atoms with Crippen LogP contribution >= 0.6 is 0 Å². The Balaban J connectivity index is 1.34. The van der Waals surface area contributed by atoms with Crippen molar-refractivity contribution in [2.75, 3.05) is 13.7 Å². The van der Waals surface area contributed by atoms with Gasteiger partial charge in [-0.3, -0.25) is 4.79 Å². The number of carbonyl (C=O) groups is 3. The normalized spacial score (nSPS) is 31.3. The van der Waals surface area contributed by atoms with Gasteiger partial charge in [-0.2, -0.15) is 0 Å². The lowest BCUT2D eigenvalue weighted by molar-refractivity contribution is -0.150. The first-order valence-corrected chi connectivity index (χ1v) is 16.2. The van der Waals surface area contributed by atoms with Crippen LogP contribution in [0.2, 0.25) is 0 Å². The van der Waals surface area contributed by atoms with Gasteiger partial charge in [-0.15, -0.1) is 0 Å². The van der Waals surface area contributed by atoms with Gasteiger partial charge in [-0.1, -0.05) is 33.6 Å². The number of pyridine rings is 1. The van der Waals surface area contributed by atoms with Crippen molar-refractivity contribution in [3.63, 3.8) is 0 Å². The second-order valence-corrected chi connectivity index (χ2v) is 14.2. The van der Waals surface area contributed by atoms with E-state index in [0.717, 1.165) is 55.0 Å². The highest BCUT2D eigenvalue weighted by molar-refractivity contribution is 5.90. The fourth-order valence-corrected chi connectivity index (χ4v) is 7.81. The summed E-state index contributed by atoms with van der Waals surface area (Å²) in [6.45, 7) is 5.66. The molecule has 0 radical (unpaired) electrons. The number of amides is 2. The van der Waals surface area contributed by atoms with E-state index in [1.807, 2.05) is 39.0 Å². The van der Waals surface area contributed by atoms with Gasteiger partial charge < -0.3 is 29.5 Å². The molecule has 238 valence electrons. The minimum Gasteiger partial charge on any atom is -0.497 e. The van der Waals surface area contributed by atoms with Gasteiger partial charge in [-0.05, 0) is 79.9 Å². The maximum atomic E-state index is 14.0. The van der Waals surface area contributed by atoms with Gasteiger partial charge in [0.1, 0.15) is 30.0 Å². The molecule has 2 amide bonds. The zero-order chi connectivity index (χ0) is 31.2. The van der Waals surface area contributed by atoms with Crippen LogP contribution in [0.1, 0.15) is 77.7 Å². The van der Waals surface area contributed by atoms with Crippen molar-refractivity contribution < 1.29 is 33.7 Å². The average molecular weight is 608 g/mol. The number of rotatable bonds is 2. The maximum Gasteiger partial charge on any atom is 0.408 e. The second-order valence-electron chi connectivity index (χ2n) is 14.2. The SMILES string of the molecule is COc1ccc2cc3c(nc2c1)OC1CC(C(=O)O)N(C1)C(=O)C(C(C)(C)C)NC(=O)OC1CC2CCC2C1CCCCC3. The number of carboxylic acids is 1. The summed E-state index contributed by atoms with van der Waals surface area (Å²) in [6, 6.07) is 5.81. The summed E-state index contributed by atoms with van der Waals surface area (Å²) in [7, 11) is 1.61. The van der Waals surface area contributed by atoms with Crippen LogP contribution in [-0.2, 0) is 20.7 Å². The Morgan fingerprint density at radius 3 is 2.57 bits per heavy atom. The molecule has 3 heterocycles. The largest absolute Gasteiger partial charge is 0.497 e. The molecule has 1 saturated heterocycles. The summed E-state index contributed by atoms with van der Waals surface area (Å²) in [5.41, 5.74) is 1.02. The molecule has 1 aromatic heterocycles.